The number of esters is 1. The maximum absolute atomic E-state index is 14.2. The number of tetrazole rings is 1. The second-order valence-corrected chi connectivity index (χ2v) is 13.8. The van der Waals surface area contributed by atoms with Gasteiger partial charge in [0.05, 0.1) is 0 Å². The monoisotopic (exact) mass is 753 g/mol. The van der Waals surface area contributed by atoms with Crippen molar-refractivity contribution in [2.45, 2.75) is 22.7 Å². The van der Waals surface area contributed by atoms with Gasteiger partial charge in [0, 0.05) is 23.9 Å². The van der Waals surface area contributed by atoms with Crippen LogP contribution in [0.2, 0.25) is 0 Å². The lowest BCUT2D eigenvalue weighted by molar-refractivity contribution is -0.154. The highest BCUT2D eigenvalue weighted by atomic mass is 35.5. The third kappa shape index (κ3) is 7.52. The number of hydrogen-bond acceptors (Lipinski definition) is 14. The summed E-state index contributed by atoms with van der Waals surface area (Å²) < 4.78 is 7.73. The highest BCUT2D eigenvalue weighted by molar-refractivity contribution is 8.01. The van der Waals surface area contributed by atoms with Gasteiger partial charge < -0.3 is 20.2 Å². The molecular formula is C31H28ClN9O6S3. The lowest BCUT2D eigenvalue weighted by Crippen LogP contribution is -2.71. The number of fused-ring (bicyclic) bond motifs is 1. The van der Waals surface area contributed by atoms with Crippen LogP contribution in [0.3, 0.4) is 0 Å². The van der Waals surface area contributed by atoms with Gasteiger partial charge in [-0.25, -0.2) is 14.5 Å². The van der Waals surface area contributed by atoms with Gasteiger partial charge in [0.25, 0.3) is 11.8 Å². The minimum absolute atomic E-state index is 0.105. The number of halogens is 1. The molecule has 0 unspecified atom stereocenters. The molecule has 2 N–H and O–H groups in total. The van der Waals surface area contributed by atoms with Gasteiger partial charge in [-0.1, -0.05) is 77.6 Å². The number of thioether (sulfide) groups is 2. The van der Waals surface area contributed by atoms with Crippen molar-refractivity contribution in [2.75, 3.05) is 29.8 Å². The minimum Gasteiger partial charge on any atom is -0.448 e. The van der Waals surface area contributed by atoms with Gasteiger partial charge in [0.15, 0.2) is 16.9 Å². The molecule has 0 bridgehead atoms. The Balaban J connectivity index is 1.26. The zero-order chi connectivity index (χ0) is 35.2. The molecular weight excluding hydrogens is 726 g/mol. The van der Waals surface area contributed by atoms with Gasteiger partial charge in [0.1, 0.15) is 35.8 Å². The van der Waals surface area contributed by atoms with Crippen LogP contribution in [0.1, 0.15) is 22.9 Å². The molecule has 1 fully saturated rings. The van der Waals surface area contributed by atoms with Crippen LogP contribution in [0.4, 0.5) is 5.13 Å². The molecule has 19 heteroatoms. The van der Waals surface area contributed by atoms with Crippen molar-refractivity contribution in [3.8, 4) is 0 Å². The van der Waals surface area contributed by atoms with Crippen molar-refractivity contribution < 1.29 is 28.8 Å². The molecule has 2 aliphatic heterocycles. The predicted molar refractivity (Wildman–Crippen MR) is 187 cm³/mol. The van der Waals surface area contributed by atoms with E-state index < -0.39 is 41.2 Å². The van der Waals surface area contributed by atoms with E-state index in [1.807, 2.05) is 60.7 Å². The molecule has 3 amide bonds. The quantitative estimate of drug-likeness (QED) is 0.0509. The van der Waals surface area contributed by atoms with Gasteiger partial charge >= 0.3 is 5.97 Å². The SMILES string of the molecule is CON=C(C(=O)N[C@@H]1C(=O)N2C(C(=O)OC(c3ccccc3)c3ccccc3)=C(CSc3nnnn3C)CS[C@@H]12)c1csc(NC(=O)CCl)n1. The average Bonchev–Trinajstić information content (AvgIpc) is 3.78. The number of anilines is 1. The third-order valence-corrected chi connectivity index (χ3v) is 10.9. The van der Waals surface area contributed by atoms with E-state index in [0.717, 1.165) is 22.5 Å². The summed E-state index contributed by atoms with van der Waals surface area (Å²) >= 11 is 9.34. The number of aromatic nitrogens is 5. The van der Waals surface area contributed by atoms with Crippen LogP contribution < -0.4 is 10.6 Å². The van der Waals surface area contributed by atoms with E-state index >= 15 is 0 Å². The Morgan fingerprint density at radius 2 is 1.82 bits per heavy atom. The van der Waals surface area contributed by atoms with E-state index in [-0.39, 0.29) is 28.1 Å². The molecule has 2 aliphatic rings. The molecule has 2 atom stereocenters. The molecule has 15 nitrogen and oxygen atoms in total. The van der Waals surface area contributed by atoms with Crippen molar-refractivity contribution in [1.29, 1.82) is 0 Å². The van der Waals surface area contributed by atoms with Crippen LogP contribution in [0.25, 0.3) is 0 Å². The number of ether oxygens (including phenoxy) is 1. The van der Waals surface area contributed by atoms with E-state index in [9.17, 15) is 19.2 Å². The summed E-state index contributed by atoms with van der Waals surface area (Å²) in [7, 11) is 2.97. The van der Waals surface area contributed by atoms with Crippen molar-refractivity contribution in [2.24, 2.45) is 12.2 Å². The molecule has 0 spiro atoms. The minimum atomic E-state index is -0.998. The normalized spacial score (nSPS) is 17.2. The highest BCUT2D eigenvalue weighted by Crippen LogP contribution is 2.42. The first-order chi connectivity index (χ1) is 24.3. The second kappa shape index (κ2) is 15.8. The molecule has 2 aromatic carbocycles. The summed E-state index contributed by atoms with van der Waals surface area (Å²) in [6.45, 7) is 0. The molecule has 0 saturated carbocycles. The third-order valence-electron chi connectivity index (χ3n) is 7.43. The molecule has 258 valence electrons. The molecule has 4 heterocycles. The predicted octanol–water partition coefficient (Wildman–Crippen LogP) is 2.97. The molecule has 1 saturated heterocycles. The van der Waals surface area contributed by atoms with Gasteiger partial charge in [0.2, 0.25) is 11.1 Å². The average molecular weight is 754 g/mol. The topological polar surface area (TPSA) is 183 Å². The molecule has 50 heavy (non-hydrogen) atoms. The zero-order valence-electron chi connectivity index (χ0n) is 26.4. The summed E-state index contributed by atoms with van der Waals surface area (Å²) in [4.78, 5) is 63.7. The summed E-state index contributed by atoms with van der Waals surface area (Å²) in [5, 5.41) is 22.2. The Kier molecular flexibility index (Phi) is 11.1. The standard InChI is InChI=1S/C31H28ClN9O6S3/c1-40-31(36-38-39-40)50-15-19-14-48-28-23(35-26(43)22(37-46-2)20-16-49-30(33-20)34-21(42)13-32)27(44)41(28)24(19)29(45)47-25(17-9-5-3-6-10-17)18-11-7-4-8-12-18/h3-12,16,23,25,28H,13-15H2,1-2H3,(H,35,43)(H,33,34,42)/t23-,28+/m1/s1. The lowest BCUT2D eigenvalue weighted by atomic mass is 10.0. The smallest absolute Gasteiger partial charge is 0.356 e. The van der Waals surface area contributed by atoms with Crippen LogP contribution in [0.15, 0.2) is 87.6 Å². The summed E-state index contributed by atoms with van der Waals surface area (Å²) in [5.41, 5.74) is 2.18. The van der Waals surface area contributed by atoms with Crippen molar-refractivity contribution in [3.05, 3.63) is 94.1 Å². The maximum atomic E-state index is 14.2. The lowest BCUT2D eigenvalue weighted by Gasteiger charge is -2.49. The van der Waals surface area contributed by atoms with Gasteiger partial charge in [-0.2, -0.15) is 0 Å². The first-order valence-corrected chi connectivity index (χ1v) is 18.3. The number of alkyl halides is 1. The Hall–Kier alpha value is -4.78. The van der Waals surface area contributed by atoms with Gasteiger partial charge in [-0.15, -0.1) is 39.8 Å². The number of carbonyl (C=O) groups is 4. The van der Waals surface area contributed by atoms with Crippen LogP contribution in [-0.4, -0.2) is 95.4 Å². The zero-order valence-corrected chi connectivity index (χ0v) is 29.6. The Bertz CT molecular complexity index is 1920. The Morgan fingerprint density at radius 3 is 2.44 bits per heavy atom. The highest BCUT2D eigenvalue weighted by Gasteiger charge is 2.55. The number of carbonyl (C=O) groups excluding carboxylic acids is 4. The molecule has 2 aromatic heterocycles. The molecule has 6 rings (SSSR count). The Labute approximate surface area is 302 Å². The fraction of sp³-hybridized carbons (Fsp3) is 0.258. The molecule has 4 aromatic rings. The number of thiazole rings is 1. The largest absolute Gasteiger partial charge is 0.448 e. The fourth-order valence-corrected chi connectivity index (χ4v) is 8.24. The van der Waals surface area contributed by atoms with Gasteiger partial charge in [-0.05, 0) is 27.1 Å². The van der Waals surface area contributed by atoms with Crippen LogP contribution in [-0.2, 0) is 35.8 Å². The summed E-state index contributed by atoms with van der Waals surface area (Å²) in [6.07, 6.45) is -0.751. The Morgan fingerprint density at radius 1 is 1.12 bits per heavy atom. The van der Waals surface area contributed by atoms with Crippen molar-refractivity contribution in [1.82, 2.24) is 35.4 Å². The first-order valence-electron chi connectivity index (χ1n) is 14.9. The number of nitrogens with zero attached hydrogens (tertiary/aromatic N) is 7. The number of benzene rings is 2. The maximum Gasteiger partial charge on any atom is 0.356 e. The van der Waals surface area contributed by atoms with Crippen LogP contribution in [0, 0.1) is 0 Å². The fourth-order valence-electron chi connectivity index (χ4n) is 5.12. The molecule has 0 aliphatic carbocycles. The second-order valence-electron chi connectivity index (χ2n) is 10.6. The number of nitrogens with one attached hydrogen (secondary N) is 2. The van der Waals surface area contributed by atoms with E-state index in [2.05, 4.69) is 36.3 Å². The van der Waals surface area contributed by atoms with Gasteiger partial charge in [-0.3, -0.25) is 19.3 Å². The number of aryl methyl sites for hydroxylation is 1. The number of hydrogen-bond donors (Lipinski definition) is 2. The first kappa shape index (κ1) is 35.1. The van der Waals surface area contributed by atoms with Crippen LogP contribution >= 0.6 is 46.5 Å². The summed E-state index contributed by atoms with van der Waals surface area (Å²) in [6, 6.07) is 17.7. The van der Waals surface area contributed by atoms with Crippen molar-refractivity contribution in [3.63, 3.8) is 0 Å². The molecule has 0 radical (unpaired) electrons. The number of β-lactam (4-membered cyclic amide) rings is 1. The number of oxime groups is 1. The number of rotatable bonds is 13. The van der Waals surface area contributed by atoms with Crippen molar-refractivity contribution >= 4 is 81.0 Å². The van der Waals surface area contributed by atoms with E-state index in [4.69, 9.17) is 21.2 Å². The van der Waals surface area contributed by atoms with E-state index in [0.29, 0.717) is 22.2 Å². The number of amides is 3. The van der Waals surface area contributed by atoms with E-state index in [1.165, 1.54) is 45.6 Å². The van der Waals surface area contributed by atoms with Crippen LogP contribution in [0.5, 0.6) is 0 Å². The van der Waals surface area contributed by atoms with E-state index in [1.54, 1.807) is 7.05 Å². The summed E-state index contributed by atoms with van der Waals surface area (Å²) in [5.74, 6) is -2.00.